The molecule has 0 atom stereocenters. The minimum atomic E-state index is -4.65. The largest absolute Gasteiger partial charge is 0.496 e. The van der Waals surface area contributed by atoms with E-state index in [1.165, 1.54) is 46.6 Å². The van der Waals surface area contributed by atoms with Crippen molar-refractivity contribution < 1.29 is 42.1 Å². The molecule has 0 aliphatic carbocycles. The molecule has 0 heterocycles. The zero-order chi connectivity index (χ0) is 24.8. The lowest BCUT2D eigenvalue weighted by molar-refractivity contribution is -0.139. The van der Waals surface area contributed by atoms with Crippen molar-refractivity contribution in [2.45, 2.75) is 6.42 Å². The zero-order valence-corrected chi connectivity index (χ0v) is 19.2. The average Bonchev–Trinajstić information content (AvgIpc) is 2.76. The Balaban J connectivity index is 2.71. The van der Waals surface area contributed by atoms with E-state index in [1.54, 1.807) is 24.3 Å². The smallest absolute Gasteiger partial charge is 0.312 e. The number of ether oxygens (including phenoxy) is 4. The molecule has 2 aromatic carbocycles. The van der Waals surface area contributed by atoms with Crippen LogP contribution < -0.4 is 18.9 Å². The number of rotatable bonds is 10. The molecule has 2 rings (SSSR count). The van der Waals surface area contributed by atoms with Crippen molar-refractivity contribution >= 4 is 39.3 Å². The predicted molar refractivity (Wildman–Crippen MR) is 120 cm³/mol. The van der Waals surface area contributed by atoms with Crippen LogP contribution >= 0.6 is 0 Å². The van der Waals surface area contributed by atoms with Crippen LogP contribution in [0.1, 0.15) is 17.5 Å². The predicted octanol–water partition coefficient (Wildman–Crippen LogP) is 1.83. The van der Waals surface area contributed by atoms with Crippen LogP contribution in [-0.4, -0.2) is 53.8 Å². The van der Waals surface area contributed by atoms with Crippen LogP contribution in [0.4, 0.5) is 5.69 Å². The minimum absolute atomic E-state index is 0.0784. The van der Waals surface area contributed by atoms with Crippen LogP contribution in [0.3, 0.4) is 0 Å². The molecule has 3 N–H and O–H groups in total. The van der Waals surface area contributed by atoms with Gasteiger partial charge in [0.05, 0.1) is 34.0 Å². The number of nitrogens with zero attached hydrogens (tertiary/aromatic N) is 1. The number of benzene rings is 2. The quantitative estimate of drug-likeness (QED) is 0.294. The van der Waals surface area contributed by atoms with E-state index in [2.05, 4.69) is 0 Å². The second-order valence-corrected chi connectivity index (χ2v) is 7.82. The van der Waals surface area contributed by atoms with Crippen LogP contribution in [0.25, 0.3) is 11.5 Å². The van der Waals surface area contributed by atoms with Crippen molar-refractivity contribution in [2.24, 2.45) is 5.14 Å². The Bertz CT molecular complexity index is 1180. The molecule has 0 bridgehead atoms. The fraction of sp³-hybridized carbons (Fsp3) is 0.238. The first-order valence-electron chi connectivity index (χ1n) is 9.30. The Hall–Kier alpha value is -3.77. The summed E-state index contributed by atoms with van der Waals surface area (Å²) in [5, 5.41) is 14.1. The van der Waals surface area contributed by atoms with Crippen LogP contribution in [-0.2, 0) is 29.3 Å². The van der Waals surface area contributed by atoms with E-state index < -0.39 is 28.5 Å². The lowest BCUT2D eigenvalue weighted by Crippen LogP contribution is -2.42. The molecule has 0 fully saturated rings. The number of aliphatic carboxylic acids is 1. The number of methoxy groups -OCH3 is 4. The molecule has 0 spiro atoms. The van der Waals surface area contributed by atoms with Gasteiger partial charge in [-0.15, -0.1) is 0 Å². The molecule has 11 nitrogen and oxygen atoms in total. The van der Waals surface area contributed by atoms with E-state index in [-0.39, 0.29) is 21.5 Å². The normalized spacial score (nSPS) is 11.8. The van der Waals surface area contributed by atoms with Gasteiger partial charge >= 0.3 is 16.2 Å². The monoisotopic (exact) mass is 480 g/mol. The first-order valence-corrected chi connectivity index (χ1v) is 10.8. The van der Waals surface area contributed by atoms with Crippen LogP contribution in [0, 0.1) is 0 Å². The van der Waals surface area contributed by atoms with Gasteiger partial charge in [0, 0.05) is 5.56 Å². The number of carbonyl (C=O) groups is 2. The fourth-order valence-corrected chi connectivity index (χ4v) is 3.87. The number of anilines is 1. The van der Waals surface area contributed by atoms with E-state index in [1.807, 2.05) is 0 Å². The van der Waals surface area contributed by atoms with Crippen molar-refractivity contribution in [1.82, 2.24) is 0 Å². The van der Waals surface area contributed by atoms with Crippen LogP contribution in [0.2, 0.25) is 0 Å². The number of carboxylic acid groups (broad SMARTS) is 1. The van der Waals surface area contributed by atoms with E-state index in [9.17, 15) is 18.0 Å². The van der Waals surface area contributed by atoms with Gasteiger partial charge in [-0.1, -0.05) is 12.1 Å². The first-order chi connectivity index (χ1) is 15.6. The highest BCUT2D eigenvalue weighted by Crippen LogP contribution is 2.37. The van der Waals surface area contributed by atoms with Crippen molar-refractivity contribution in [3.8, 4) is 11.5 Å². The number of carbonyl (C=O) groups excluding carboxylic acids is 1. The van der Waals surface area contributed by atoms with E-state index >= 15 is 0 Å². The molecule has 0 aliphatic rings. The fourth-order valence-electron chi connectivity index (χ4n) is 3.10. The van der Waals surface area contributed by atoms with Gasteiger partial charge in [-0.25, -0.2) is 5.14 Å². The SMILES string of the molecule is COC(=C(OC)c1ccccc1OC)c1ccc(N(C(=O)CC(=O)O)S(N)(=O)=O)c(OC)c1. The molecule has 0 saturated carbocycles. The molecule has 0 aliphatic heterocycles. The lowest BCUT2D eigenvalue weighted by Gasteiger charge is -2.22. The number of nitrogens with two attached hydrogens (primary N) is 1. The number of carboxylic acids is 1. The molecule has 2 aromatic rings. The number of amides is 1. The average molecular weight is 480 g/mol. The van der Waals surface area contributed by atoms with Crippen molar-refractivity contribution in [3.05, 3.63) is 53.6 Å². The summed E-state index contributed by atoms with van der Waals surface area (Å²) in [5.74, 6) is -1.76. The number of hydrogen-bond acceptors (Lipinski definition) is 8. The lowest BCUT2D eigenvalue weighted by atomic mass is 10.1. The second kappa shape index (κ2) is 10.7. The summed E-state index contributed by atoms with van der Waals surface area (Å²) in [6, 6.07) is 11.2. The Morgan fingerprint density at radius 2 is 1.55 bits per heavy atom. The maximum absolute atomic E-state index is 12.3. The van der Waals surface area contributed by atoms with Gasteiger partial charge in [0.25, 0.3) is 5.91 Å². The van der Waals surface area contributed by atoms with Gasteiger partial charge in [-0.3, -0.25) is 9.59 Å². The highest BCUT2D eigenvalue weighted by Gasteiger charge is 2.31. The van der Waals surface area contributed by atoms with Crippen LogP contribution in [0.5, 0.6) is 11.5 Å². The molecular formula is C21H24N2O9S. The molecule has 178 valence electrons. The highest BCUT2D eigenvalue weighted by atomic mass is 32.2. The zero-order valence-electron chi connectivity index (χ0n) is 18.4. The third-order valence-corrected chi connectivity index (χ3v) is 5.32. The summed E-state index contributed by atoms with van der Waals surface area (Å²) in [5.41, 5.74) is 0.729. The molecule has 1 amide bonds. The summed E-state index contributed by atoms with van der Waals surface area (Å²) in [6.45, 7) is 0. The molecule has 0 unspecified atom stereocenters. The minimum Gasteiger partial charge on any atom is -0.496 e. The Morgan fingerprint density at radius 1 is 0.939 bits per heavy atom. The Morgan fingerprint density at radius 3 is 2.06 bits per heavy atom. The standard InChI is InChI=1S/C21H24N2O9S/c1-29-16-8-6-5-7-14(16)21(32-4)20(31-3)13-9-10-15(17(11-13)30-2)23(33(22,27)28)18(24)12-19(25)26/h5-11H,12H2,1-4H3,(H,25,26)(H2,22,27,28). The summed E-state index contributed by atoms with van der Waals surface area (Å²) in [6.07, 6.45) is -1.09. The molecule has 0 radical (unpaired) electrons. The second-order valence-electron chi connectivity index (χ2n) is 6.43. The first kappa shape index (κ1) is 25.5. The van der Waals surface area contributed by atoms with Gasteiger partial charge < -0.3 is 24.1 Å². The Labute approximate surface area is 191 Å². The number of para-hydroxylation sites is 1. The third-order valence-electron chi connectivity index (χ3n) is 4.41. The molecule has 0 aromatic heterocycles. The van der Waals surface area contributed by atoms with Gasteiger partial charge in [0.2, 0.25) is 0 Å². The van der Waals surface area contributed by atoms with Gasteiger partial charge in [-0.05, 0) is 30.3 Å². The van der Waals surface area contributed by atoms with Gasteiger partial charge in [0.1, 0.15) is 23.6 Å². The van der Waals surface area contributed by atoms with Crippen molar-refractivity contribution in [1.29, 1.82) is 0 Å². The molecule has 33 heavy (non-hydrogen) atoms. The van der Waals surface area contributed by atoms with Crippen molar-refractivity contribution in [2.75, 3.05) is 32.7 Å². The van der Waals surface area contributed by atoms with E-state index in [4.69, 9.17) is 29.2 Å². The Kier molecular flexibility index (Phi) is 8.26. The van der Waals surface area contributed by atoms with E-state index in [0.717, 1.165) is 0 Å². The maximum atomic E-state index is 12.3. The van der Waals surface area contributed by atoms with Crippen LogP contribution in [0.15, 0.2) is 42.5 Å². The third kappa shape index (κ3) is 5.73. The molecule has 0 saturated heterocycles. The molecular weight excluding hydrogens is 456 g/mol. The summed E-state index contributed by atoms with van der Waals surface area (Å²) in [4.78, 5) is 23.3. The maximum Gasteiger partial charge on any atom is 0.312 e. The molecule has 12 heteroatoms. The van der Waals surface area contributed by atoms with Crippen molar-refractivity contribution in [3.63, 3.8) is 0 Å². The number of hydrogen-bond donors (Lipinski definition) is 2. The van der Waals surface area contributed by atoms with Gasteiger partial charge in [-0.2, -0.15) is 12.7 Å². The van der Waals surface area contributed by atoms with E-state index in [0.29, 0.717) is 22.6 Å². The highest BCUT2D eigenvalue weighted by molar-refractivity contribution is 7.91. The summed E-state index contributed by atoms with van der Waals surface area (Å²) in [7, 11) is 0.963. The topological polar surface area (TPSA) is 155 Å². The summed E-state index contributed by atoms with van der Waals surface area (Å²) < 4.78 is 46.1. The van der Waals surface area contributed by atoms with Gasteiger partial charge in [0.15, 0.2) is 11.5 Å². The summed E-state index contributed by atoms with van der Waals surface area (Å²) >= 11 is 0.